The number of β-amino-alcohol motifs (C(OH)–C–C–N with tert-alkyl or cyclic N) is 1. The molecule has 1 aliphatic heterocycles. The van der Waals surface area contributed by atoms with Crippen LogP contribution in [0.2, 0.25) is 0 Å². The number of furan rings is 1. The fourth-order valence-electron chi connectivity index (χ4n) is 1.69. The van der Waals surface area contributed by atoms with Crippen LogP contribution in [0.1, 0.15) is 10.6 Å². The number of aliphatic hydroxyl groups is 1. The molecule has 2 heterocycles. The van der Waals surface area contributed by atoms with E-state index in [2.05, 4.69) is 26.6 Å². The molecule has 7 heteroatoms. The summed E-state index contributed by atoms with van der Waals surface area (Å²) < 4.78 is 5.67. The Kier molecular flexibility index (Phi) is 5.45. The minimum Gasteiger partial charge on any atom is -0.458 e. The molecule has 0 aromatic carbocycles. The summed E-state index contributed by atoms with van der Waals surface area (Å²) in [5, 5.41) is 15.3. The molecule has 0 bridgehead atoms. The first-order valence-electron chi connectivity index (χ1n) is 5.08. The second kappa shape index (κ2) is 6.39. The van der Waals surface area contributed by atoms with Gasteiger partial charge < -0.3 is 20.2 Å². The van der Waals surface area contributed by atoms with Crippen LogP contribution >= 0.6 is 28.3 Å². The molecule has 1 amide bonds. The second-order valence-corrected chi connectivity index (χ2v) is 4.65. The molecular formula is C10H14BrClN2O3. The Balaban J connectivity index is 0.00000144. The maximum absolute atomic E-state index is 11.7. The van der Waals surface area contributed by atoms with Crippen LogP contribution in [0.3, 0.4) is 0 Å². The number of amides is 1. The Morgan fingerprint density at radius 2 is 2.41 bits per heavy atom. The summed E-state index contributed by atoms with van der Waals surface area (Å²) in [6, 6.07) is 1.67. The van der Waals surface area contributed by atoms with E-state index in [1.54, 1.807) is 6.07 Å². The van der Waals surface area contributed by atoms with Gasteiger partial charge in [0, 0.05) is 25.6 Å². The predicted molar refractivity (Wildman–Crippen MR) is 68.4 cm³/mol. The number of aliphatic hydroxyl groups excluding tert-OH is 1. The number of rotatable bonds is 3. The van der Waals surface area contributed by atoms with Crippen LogP contribution in [-0.4, -0.2) is 36.8 Å². The lowest BCUT2D eigenvalue weighted by molar-refractivity contribution is 0.0899. The van der Waals surface area contributed by atoms with E-state index >= 15 is 0 Å². The van der Waals surface area contributed by atoms with E-state index in [9.17, 15) is 9.90 Å². The van der Waals surface area contributed by atoms with Crippen molar-refractivity contribution in [2.24, 2.45) is 5.92 Å². The summed E-state index contributed by atoms with van der Waals surface area (Å²) in [6.07, 6.45) is 1.06. The predicted octanol–water partition coefficient (Wildman–Crippen LogP) is 0.774. The zero-order valence-corrected chi connectivity index (χ0v) is 11.4. The number of nitrogens with one attached hydrogen (secondary N) is 2. The molecule has 0 radical (unpaired) electrons. The SMILES string of the molecule is Cl.O=C(NCC1CNCC1O)c1occc1Br. The van der Waals surface area contributed by atoms with E-state index in [4.69, 9.17) is 4.42 Å². The van der Waals surface area contributed by atoms with Gasteiger partial charge in [0.25, 0.3) is 5.91 Å². The Morgan fingerprint density at radius 3 is 2.94 bits per heavy atom. The molecule has 1 aromatic rings. The van der Waals surface area contributed by atoms with Crippen molar-refractivity contribution >= 4 is 34.2 Å². The highest BCUT2D eigenvalue weighted by molar-refractivity contribution is 9.10. The van der Waals surface area contributed by atoms with Crippen molar-refractivity contribution in [1.29, 1.82) is 0 Å². The van der Waals surface area contributed by atoms with Gasteiger partial charge in [0.05, 0.1) is 16.8 Å². The molecule has 0 aliphatic carbocycles. The lowest BCUT2D eigenvalue weighted by Gasteiger charge is -2.13. The minimum atomic E-state index is -0.389. The standard InChI is InChI=1S/C10H13BrN2O3.ClH/c11-7-1-2-16-9(7)10(15)13-4-6-3-12-5-8(6)14;/h1-2,6,8,12,14H,3-5H2,(H,13,15);1H. The van der Waals surface area contributed by atoms with Gasteiger partial charge in [-0.3, -0.25) is 4.79 Å². The third kappa shape index (κ3) is 3.45. The number of halogens is 2. The van der Waals surface area contributed by atoms with E-state index in [0.29, 0.717) is 17.6 Å². The van der Waals surface area contributed by atoms with Gasteiger partial charge in [-0.2, -0.15) is 0 Å². The second-order valence-electron chi connectivity index (χ2n) is 3.79. The highest BCUT2D eigenvalue weighted by Crippen LogP contribution is 2.17. The number of carbonyl (C=O) groups excluding carboxylic acids is 1. The molecule has 17 heavy (non-hydrogen) atoms. The largest absolute Gasteiger partial charge is 0.458 e. The molecule has 0 saturated carbocycles. The van der Waals surface area contributed by atoms with E-state index in [1.807, 2.05) is 0 Å². The highest BCUT2D eigenvalue weighted by Gasteiger charge is 2.25. The first-order chi connectivity index (χ1) is 7.68. The van der Waals surface area contributed by atoms with Crippen LogP contribution in [0, 0.1) is 5.92 Å². The highest BCUT2D eigenvalue weighted by atomic mass is 79.9. The van der Waals surface area contributed by atoms with Gasteiger partial charge in [-0.05, 0) is 22.0 Å². The van der Waals surface area contributed by atoms with Crippen LogP contribution < -0.4 is 10.6 Å². The first kappa shape index (κ1) is 14.5. The van der Waals surface area contributed by atoms with Gasteiger partial charge in [-0.15, -0.1) is 12.4 Å². The quantitative estimate of drug-likeness (QED) is 0.767. The molecule has 3 N–H and O–H groups in total. The fraction of sp³-hybridized carbons (Fsp3) is 0.500. The van der Waals surface area contributed by atoms with Crippen molar-refractivity contribution in [2.75, 3.05) is 19.6 Å². The molecule has 1 aliphatic rings. The summed E-state index contributed by atoms with van der Waals surface area (Å²) >= 11 is 3.22. The third-order valence-corrected chi connectivity index (χ3v) is 3.28. The Hall–Kier alpha value is -0.560. The summed E-state index contributed by atoms with van der Waals surface area (Å²) in [7, 11) is 0. The fourth-order valence-corrected chi connectivity index (χ4v) is 2.07. The molecule has 0 spiro atoms. The van der Waals surface area contributed by atoms with Crippen LogP contribution in [0.5, 0.6) is 0 Å². The summed E-state index contributed by atoms with van der Waals surface area (Å²) in [5.74, 6) is 0.0640. The maximum atomic E-state index is 11.7. The van der Waals surface area contributed by atoms with Crippen molar-refractivity contribution in [3.8, 4) is 0 Å². The zero-order chi connectivity index (χ0) is 11.5. The van der Waals surface area contributed by atoms with Gasteiger partial charge in [-0.1, -0.05) is 0 Å². The molecule has 1 saturated heterocycles. The summed E-state index contributed by atoms with van der Waals surface area (Å²) in [4.78, 5) is 11.7. The molecular weight excluding hydrogens is 311 g/mol. The van der Waals surface area contributed by atoms with Crippen molar-refractivity contribution in [3.05, 3.63) is 22.6 Å². The average Bonchev–Trinajstić information content (AvgIpc) is 2.84. The summed E-state index contributed by atoms with van der Waals surface area (Å²) in [5.41, 5.74) is 0. The molecule has 2 rings (SSSR count). The Morgan fingerprint density at radius 1 is 1.65 bits per heavy atom. The van der Waals surface area contributed by atoms with Crippen LogP contribution in [0.15, 0.2) is 21.2 Å². The first-order valence-corrected chi connectivity index (χ1v) is 5.87. The Bertz CT molecular complexity index is 385. The van der Waals surface area contributed by atoms with Gasteiger partial charge >= 0.3 is 0 Å². The third-order valence-electron chi connectivity index (χ3n) is 2.65. The lowest BCUT2D eigenvalue weighted by Crippen LogP contribution is -2.34. The van der Waals surface area contributed by atoms with Crippen LogP contribution in [-0.2, 0) is 0 Å². The monoisotopic (exact) mass is 324 g/mol. The van der Waals surface area contributed by atoms with Crippen molar-refractivity contribution in [3.63, 3.8) is 0 Å². The Labute approximate surface area is 113 Å². The van der Waals surface area contributed by atoms with Crippen LogP contribution in [0.25, 0.3) is 0 Å². The molecule has 2 unspecified atom stereocenters. The van der Waals surface area contributed by atoms with Gasteiger partial charge in [0.2, 0.25) is 5.76 Å². The lowest BCUT2D eigenvalue weighted by atomic mass is 10.1. The zero-order valence-electron chi connectivity index (χ0n) is 8.98. The van der Waals surface area contributed by atoms with E-state index < -0.39 is 0 Å². The summed E-state index contributed by atoms with van der Waals surface area (Å²) in [6.45, 7) is 1.76. The van der Waals surface area contributed by atoms with E-state index in [0.717, 1.165) is 6.54 Å². The van der Waals surface area contributed by atoms with Gasteiger partial charge in [0.15, 0.2) is 0 Å². The molecule has 5 nitrogen and oxygen atoms in total. The van der Waals surface area contributed by atoms with Gasteiger partial charge in [0.1, 0.15) is 0 Å². The average molecular weight is 326 g/mol. The van der Waals surface area contributed by atoms with Crippen LogP contribution in [0.4, 0.5) is 0 Å². The van der Waals surface area contributed by atoms with E-state index in [1.165, 1.54) is 6.26 Å². The number of hydrogen-bond donors (Lipinski definition) is 3. The van der Waals surface area contributed by atoms with Crippen molar-refractivity contribution in [1.82, 2.24) is 10.6 Å². The number of hydrogen-bond acceptors (Lipinski definition) is 4. The van der Waals surface area contributed by atoms with Crippen molar-refractivity contribution < 1.29 is 14.3 Å². The molecule has 1 fully saturated rings. The molecule has 1 aromatic heterocycles. The van der Waals surface area contributed by atoms with Gasteiger partial charge in [-0.25, -0.2) is 0 Å². The normalized spacial score (nSPS) is 23.2. The molecule has 96 valence electrons. The smallest absolute Gasteiger partial charge is 0.288 e. The van der Waals surface area contributed by atoms with E-state index in [-0.39, 0.29) is 36.1 Å². The topological polar surface area (TPSA) is 74.5 Å². The minimum absolute atomic E-state index is 0. The molecule has 2 atom stereocenters. The van der Waals surface area contributed by atoms with Crippen molar-refractivity contribution in [2.45, 2.75) is 6.10 Å². The maximum Gasteiger partial charge on any atom is 0.288 e. The number of carbonyl (C=O) groups is 1.